The van der Waals surface area contributed by atoms with Crippen LogP contribution in [0, 0.1) is 6.92 Å². The van der Waals surface area contributed by atoms with Gasteiger partial charge in [0.05, 0.1) is 18.1 Å². The van der Waals surface area contributed by atoms with E-state index in [1.54, 1.807) is 31.6 Å². The molecule has 1 aromatic carbocycles. The van der Waals surface area contributed by atoms with Gasteiger partial charge in [-0.05, 0) is 23.6 Å². The highest BCUT2D eigenvalue weighted by atomic mass is 16.1. The SMILES string of the molecule is C=CC(=C)c1cccc(C=O)c1C.CNc1cnc(N)nc1. The minimum atomic E-state index is 0.300. The Labute approximate surface area is 130 Å². The summed E-state index contributed by atoms with van der Waals surface area (Å²) in [5.74, 6) is 0.300. The van der Waals surface area contributed by atoms with Gasteiger partial charge in [-0.2, -0.15) is 0 Å². The van der Waals surface area contributed by atoms with Gasteiger partial charge in [-0.15, -0.1) is 0 Å². The first-order valence-corrected chi connectivity index (χ1v) is 6.65. The largest absolute Gasteiger partial charge is 0.386 e. The number of aldehydes is 1. The minimum absolute atomic E-state index is 0.300. The molecular formula is C17H20N4O. The smallest absolute Gasteiger partial charge is 0.220 e. The number of nitrogens with zero attached hydrogens (tertiary/aromatic N) is 2. The van der Waals surface area contributed by atoms with E-state index in [-0.39, 0.29) is 0 Å². The van der Waals surface area contributed by atoms with Crippen LogP contribution in [0.15, 0.2) is 49.8 Å². The van der Waals surface area contributed by atoms with Gasteiger partial charge in [-0.25, -0.2) is 9.97 Å². The standard InChI is InChI=1S/C12H12O.C5H8N4/c1-4-9(2)12-7-5-6-11(8-13)10(12)3;1-7-4-2-8-5(6)9-3-4/h4-8H,1-2H2,3H3;2-3,7H,1H3,(H2,6,8,9). The minimum Gasteiger partial charge on any atom is -0.386 e. The molecule has 2 aromatic rings. The molecule has 0 bridgehead atoms. The molecule has 0 fully saturated rings. The summed E-state index contributed by atoms with van der Waals surface area (Å²) in [6.45, 7) is 9.40. The monoisotopic (exact) mass is 296 g/mol. The summed E-state index contributed by atoms with van der Waals surface area (Å²) < 4.78 is 0. The van der Waals surface area contributed by atoms with E-state index in [0.29, 0.717) is 11.5 Å². The summed E-state index contributed by atoms with van der Waals surface area (Å²) in [6.07, 6.45) is 5.80. The fourth-order valence-electron chi connectivity index (χ4n) is 1.71. The van der Waals surface area contributed by atoms with E-state index in [1.807, 2.05) is 19.1 Å². The Bertz CT molecular complexity index is 663. The summed E-state index contributed by atoms with van der Waals surface area (Å²) >= 11 is 0. The van der Waals surface area contributed by atoms with Crippen molar-refractivity contribution in [3.8, 4) is 0 Å². The van der Waals surface area contributed by atoms with Gasteiger partial charge in [0.25, 0.3) is 0 Å². The highest BCUT2D eigenvalue weighted by molar-refractivity contribution is 5.83. The zero-order valence-electron chi connectivity index (χ0n) is 12.8. The number of nitrogens with one attached hydrogen (secondary N) is 1. The second kappa shape index (κ2) is 8.36. The number of hydrogen-bond acceptors (Lipinski definition) is 5. The number of benzene rings is 1. The van der Waals surface area contributed by atoms with Crippen LogP contribution in [0.5, 0.6) is 0 Å². The van der Waals surface area contributed by atoms with E-state index < -0.39 is 0 Å². The Kier molecular flexibility index (Phi) is 6.50. The van der Waals surface area contributed by atoms with E-state index in [2.05, 4.69) is 28.4 Å². The quantitative estimate of drug-likeness (QED) is 0.669. The van der Waals surface area contributed by atoms with Crippen molar-refractivity contribution in [1.29, 1.82) is 0 Å². The van der Waals surface area contributed by atoms with Gasteiger partial charge in [0.1, 0.15) is 6.29 Å². The number of nitrogen functional groups attached to an aromatic ring is 1. The van der Waals surface area contributed by atoms with Crippen LogP contribution < -0.4 is 11.1 Å². The fourth-order valence-corrected chi connectivity index (χ4v) is 1.71. The first-order valence-electron chi connectivity index (χ1n) is 6.65. The normalized spacial score (nSPS) is 9.18. The molecule has 0 radical (unpaired) electrons. The molecule has 0 amide bonds. The third kappa shape index (κ3) is 4.56. The molecule has 3 N–H and O–H groups in total. The summed E-state index contributed by atoms with van der Waals surface area (Å²) in [6, 6.07) is 5.58. The van der Waals surface area contributed by atoms with Crippen LogP contribution in [0.3, 0.4) is 0 Å². The number of nitrogens with two attached hydrogens (primary N) is 1. The van der Waals surface area contributed by atoms with E-state index in [9.17, 15) is 4.79 Å². The highest BCUT2D eigenvalue weighted by Gasteiger charge is 2.03. The van der Waals surface area contributed by atoms with E-state index in [4.69, 9.17) is 5.73 Å². The average molecular weight is 296 g/mol. The molecule has 0 spiro atoms. The van der Waals surface area contributed by atoms with Crippen LogP contribution in [0.4, 0.5) is 11.6 Å². The van der Waals surface area contributed by atoms with Crippen molar-refractivity contribution >= 4 is 23.5 Å². The predicted molar refractivity (Wildman–Crippen MR) is 91.8 cm³/mol. The average Bonchev–Trinajstić information content (AvgIpc) is 2.55. The molecule has 0 saturated carbocycles. The molecule has 5 heteroatoms. The topological polar surface area (TPSA) is 80.9 Å². The first kappa shape index (κ1) is 17.1. The maximum absolute atomic E-state index is 10.6. The van der Waals surface area contributed by atoms with Crippen molar-refractivity contribution < 1.29 is 4.79 Å². The zero-order chi connectivity index (χ0) is 16.5. The molecule has 22 heavy (non-hydrogen) atoms. The number of aromatic nitrogens is 2. The van der Waals surface area contributed by atoms with Gasteiger partial charge in [0, 0.05) is 12.6 Å². The van der Waals surface area contributed by atoms with Crippen LogP contribution in [-0.2, 0) is 0 Å². The molecule has 1 aromatic heterocycles. The van der Waals surface area contributed by atoms with Crippen molar-refractivity contribution in [3.05, 3.63) is 66.5 Å². The molecule has 0 atom stereocenters. The van der Waals surface area contributed by atoms with Gasteiger partial charge in [-0.3, -0.25) is 4.79 Å². The molecule has 0 saturated heterocycles. The number of carbonyl (C=O) groups excluding carboxylic acids is 1. The van der Waals surface area contributed by atoms with Crippen molar-refractivity contribution in [2.75, 3.05) is 18.1 Å². The lowest BCUT2D eigenvalue weighted by atomic mass is 9.98. The lowest BCUT2D eigenvalue weighted by Crippen LogP contribution is -1.95. The Hall–Kier alpha value is -2.95. The van der Waals surface area contributed by atoms with E-state index in [1.165, 1.54) is 0 Å². The van der Waals surface area contributed by atoms with Gasteiger partial charge in [-0.1, -0.05) is 37.4 Å². The Morgan fingerprint density at radius 1 is 1.32 bits per heavy atom. The van der Waals surface area contributed by atoms with Crippen LogP contribution in [0.2, 0.25) is 0 Å². The maximum atomic E-state index is 10.6. The van der Waals surface area contributed by atoms with Crippen molar-refractivity contribution in [1.82, 2.24) is 9.97 Å². The van der Waals surface area contributed by atoms with Gasteiger partial charge in [0.15, 0.2) is 0 Å². The van der Waals surface area contributed by atoms with Crippen LogP contribution in [0.1, 0.15) is 21.5 Å². The number of allylic oxidation sites excluding steroid dienone is 2. The van der Waals surface area contributed by atoms with Gasteiger partial charge >= 0.3 is 0 Å². The first-order chi connectivity index (χ1) is 10.5. The summed E-state index contributed by atoms with van der Waals surface area (Å²) in [7, 11) is 1.80. The lowest BCUT2D eigenvalue weighted by molar-refractivity contribution is 0.112. The molecule has 5 nitrogen and oxygen atoms in total. The van der Waals surface area contributed by atoms with Crippen LogP contribution in [0.25, 0.3) is 5.57 Å². The molecule has 0 aliphatic rings. The third-order valence-corrected chi connectivity index (χ3v) is 3.06. The number of anilines is 2. The summed E-state index contributed by atoms with van der Waals surface area (Å²) in [5.41, 5.74) is 9.60. The molecule has 2 rings (SSSR count). The molecule has 114 valence electrons. The zero-order valence-corrected chi connectivity index (χ0v) is 12.8. The van der Waals surface area contributed by atoms with Crippen molar-refractivity contribution in [2.45, 2.75) is 6.92 Å². The summed E-state index contributed by atoms with van der Waals surface area (Å²) in [5, 5.41) is 2.87. The second-order valence-corrected chi connectivity index (χ2v) is 4.45. The number of hydrogen-bond donors (Lipinski definition) is 2. The van der Waals surface area contributed by atoms with Crippen LogP contribution in [-0.4, -0.2) is 23.3 Å². The molecule has 1 heterocycles. The Morgan fingerprint density at radius 3 is 2.45 bits per heavy atom. The number of carbonyl (C=O) groups is 1. The predicted octanol–water partition coefficient (Wildman–Crippen LogP) is 3.11. The maximum Gasteiger partial charge on any atom is 0.220 e. The Balaban J connectivity index is 0.000000235. The fraction of sp³-hybridized carbons (Fsp3) is 0.118. The van der Waals surface area contributed by atoms with Crippen molar-refractivity contribution in [3.63, 3.8) is 0 Å². The third-order valence-electron chi connectivity index (χ3n) is 3.06. The molecule has 0 unspecified atom stereocenters. The van der Waals surface area contributed by atoms with Crippen LogP contribution >= 0.6 is 0 Å². The molecule has 0 aliphatic heterocycles. The molecular weight excluding hydrogens is 276 g/mol. The Morgan fingerprint density at radius 2 is 1.95 bits per heavy atom. The lowest BCUT2D eigenvalue weighted by Gasteiger charge is -2.06. The molecule has 0 aliphatic carbocycles. The van der Waals surface area contributed by atoms with E-state index >= 15 is 0 Å². The number of rotatable bonds is 4. The highest BCUT2D eigenvalue weighted by Crippen LogP contribution is 2.19. The van der Waals surface area contributed by atoms with Gasteiger partial charge in [0.2, 0.25) is 5.95 Å². The second-order valence-electron chi connectivity index (χ2n) is 4.45. The summed E-state index contributed by atoms with van der Waals surface area (Å²) in [4.78, 5) is 18.1. The van der Waals surface area contributed by atoms with E-state index in [0.717, 1.165) is 28.7 Å². The van der Waals surface area contributed by atoms with Crippen molar-refractivity contribution in [2.24, 2.45) is 0 Å². The van der Waals surface area contributed by atoms with Gasteiger partial charge < -0.3 is 11.1 Å².